The Morgan fingerprint density at radius 2 is 1.93 bits per heavy atom. The molecule has 0 atom stereocenters. The molecule has 2 rings (SSSR count). The van der Waals surface area contributed by atoms with Crippen LogP contribution < -0.4 is 16.6 Å². The highest BCUT2D eigenvalue weighted by atomic mass is 16.2. The lowest BCUT2D eigenvalue weighted by molar-refractivity contribution is -0.129. The van der Waals surface area contributed by atoms with Crippen LogP contribution in [-0.2, 0) is 22.6 Å². The number of rotatable bonds is 7. The Morgan fingerprint density at radius 1 is 1.19 bits per heavy atom. The second-order valence-corrected chi connectivity index (χ2v) is 6.29. The summed E-state index contributed by atoms with van der Waals surface area (Å²) in [7, 11) is 0. The van der Waals surface area contributed by atoms with Crippen LogP contribution in [0.25, 0.3) is 0 Å². The SMILES string of the molecule is CCN(Cc1cccc(NC(=O)CCc2c(C)[nH]c(=O)[nH]c2=O)c1)C(C)=O. The second-order valence-electron chi connectivity index (χ2n) is 6.29. The molecule has 0 fully saturated rings. The van der Waals surface area contributed by atoms with E-state index in [1.54, 1.807) is 17.9 Å². The Hall–Kier alpha value is -3.16. The van der Waals surface area contributed by atoms with Crippen molar-refractivity contribution in [3.8, 4) is 0 Å². The van der Waals surface area contributed by atoms with Crippen LogP contribution in [0.3, 0.4) is 0 Å². The lowest BCUT2D eigenvalue weighted by atomic mass is 10.1. The Morgan fingerprint density at radius 3 is 2.56 bits per heavy atom. The third kappa shape index (κ3) is 5.67. The molecule has 2 aromatic rings. The van der Waals surface area contributed by atoms with E-state index in [0.29, 0.717) is 30.0 Å². The predicted octanol–water partition coefficient (Wildman–Crippen LogP) is 1.31. The Balaban J connectivity index is 2.00. The minimum atomic E-state index is -0.561. The summed E-state index contributed by atoms with van der Waals surface area (Å²) in [6.07, 6.45) is 0.326. The molecule has 1 aromatic carbocycles. The molecule has 0 unspecified atom stereocenters. The number of anilines is 1. The number of amides is 2. The van der Waals surface area contributed by atoms with Crippen LogP contribution in [-0.4, -0.2) is 33.2 Å². The number of aromatic amines is 2. The smallest absolute Gasteiger partial charge is 0.325 e. The third-order valence-corrected chi connectivity index (χ3v) is 4.27. The Bertz CT molecular complexity index is 945. The fourth-order valence-electron chi connectivity index (χ4n) is 2.80. The number of hydrogen-bond donors (Lipinski definition) is 3. The number of aromatic nitrogens is 2. The molecule has 144 valence electrons. The van der Waals surface area contributed by atoms with Crippen molar-refractivity contribution in [3.05, 3.63) is 61.9 Å². The van der Waals surface area contributed by atoms with E-state index >= 15 is 0 Å². The van der Waals surface area contributed by atoms with E-state index < -0.39 is 11.2 Å². The zero-order valence-electron chi connectivity index (χ0n) is 15.7. The fraction of sp³-hybridized carbons (Fsp3) is 0.368. The van der Waals surface area contributed by atoms with Crippen LogP contribution in [0.2, 0.25) is 0 Å². The van der Waals surface area contributed by atoms with Gasteiger partial charge in [-0.15, -0.1) is 0 Å². The topological polar surface area (TPSA) is 115 Å². The summed E-state index contributed by atoms with van der Waals surface area (Å²) in [6.45, 7) is 6.14. The van der Waals surface area contributed by atoms with Gasteiger partial charge in [-0.1, -0.05) is 12.1 Å². The number of nitrogens with one attached hydrogen (secondary N) is 3. The first kappa shape index (κ1) is 20.2. The van der Waals surface area contributed by atoms with Gasteiger partial charge in [0.25, 0.3) is 5.56 Å². The van der Waals surface area contributed by atoms with Crippen molar-refractivity contribution in [1.29, 1.82) is 0 Å². The van der Waals surface area contributed by atoms with E-state index in [2.05, 4.69) is 15.3 Å². The van der Waals surface area contributed by atoms with Crippen LogP contribution in [0, 0.1) is 6.92 Å². The van der Waals surface area contributed by atoms with E-state index in [-0.39, 0.29) is 24.7 Å². The highest BCUT2D eigenvalue weighted by Crippen LogP contribution is 2.13. The van der Waals surface area contributed by atoms with Crippen molar-refractivity contribution in [1.82, 2.24) is 14.9 Å². The number of carbonyl (C=O) groups is 2. The standard InChI is InChI=1S/C19H24N4O4/c1-4-23(13(3)24)11-14-6-5-7-15(10-14)21-17(25)9-8-16-12(2)20-19(27)22-18(16)26/h5-7,10H,4,8-9,11H2,1-3H3,(H,21,25)(H2,20,22,26,27). The summed E-state index contributed by atoms with van der Waals surface area (Å²) in [5.41, 5.74) is 1.35. The quantitative estimate of drug-likeness (QED) is 0.680. The molecule has 8 nitrogen and oxygen atoms in total. The minimum absolute atomic E-state index is 0.00608. The average molecular weight is 372 g/mol. The van der Waals surface area contributed by atoms with Crippen molar-refractivity contribution < 1.29 is 9.59 Å². The van der Waals surface area contributed by atoms with Gasteiger partial charge in [-0.25, -0.2) is 4.79 Å². The van der Waals surface area contributed by atoms with Crippen molar-refractivity contribution in [2.24, 2.45) is 0 Å². The first-order valence-corrected chi connectivity index (χ1v) is 8.76. The second kappa shape index (κ2) is 8.98. The number of carbonyl (C=O) groups excluding carboxylic acids is 2. The molecule has 0 spiro atoms. The monoisotopic (exact) mass is 372 g/mol. The number of H-pyrrole nitrogens is 2. The van der Waals surface area contributed by atoms with Crippen LogP contribution in [0.5, 0.6) is 0 Å². The number of nitrogens with zero attached hydrogens (tertiary/aromatic N) is 1. The first-order valence-electron chi connectivity index (χ1n) is 8.76. The molecule has 0 aliphatic carbocycles. The maximum atomic E-state index is 12.2. The molecule has 1 heterocycles. The van der Waals surface area contributed by atoms with Crippen molar-refractivity contribution in [2.45, 2.75) is 40.2 Å². The van der Waals surface area contributed by atoms with Gasteiger partial charge in [0.15, 0.2) is 0 Å². The molecule has 0 aliphatic rings. The molecule has 0 saturated carbocycles. The van der Waals surface area contributed by atoms with Crippen molar-refractivity contribution in [3.63, 3.8) is 0 Å². The van der Waals surface area contributed by atoms with E-state index in [9.17, 15) is 19.2 Å². The summed E-state index contributed by atoms with van der Waals surface area (Å²) < 4.78 is 0. The molecule has 2 amide bonds. The van der Waals surface area contributed by atoms with E-state index in [0.717, 1.165) is 5.56 Å². The maximum absolute atomic E-state index is 12.2. The van der Waals surface area contributed by atoms with E-state index in [4.69, 9.17) is 0 Å². The summed E-state index contributed by atoms with van der Waals surface area (Å²) in [6, 6.07) is 7.30. The average Bonchev–Trinajstić information content (AvgIpc) is 2.58. The van der Waals surface area contributed by atoms with Gasteiger partial charge in [-0.2, -0.15) is 0 Å². The maximum Gasteiger partial charge on any atom is 0.325 e. The first-order chi connectivity index (χ1) is 12.8. The molecule has 0 bridgehead atoms. The van der Waals surface area contributed by atoms with Crippen LogP contribution in [0.1, 0.15) is 37.1 Å². The van der Waals surface area contributed by atoms with Crippen molar-refractivity contribution >= 4 is 17.5 Å². The predicted molar refractivity (Wildman–Crippen MR) is 103 cm³/mol. The lowest BCUT2D eigenvalue weighted by Gasteiger charge is -2.19. The molecule has 8 heteroatoms. The lowest BCUT2D eigenvalue weighted by Crippen LogP contribution is -2.28. The number of benzene rings is 1. The van der Waals surface area contributed by atoms with Gasteiger partial charge in [0, 0.05) is 43.4 Å². The van der Waals surface area contributed by atoms with Gasteiger partial charge in [0.1, 0.15) is 0 Å². The summed E-state index contributed by atoms with van der Waals surface area (Å²) in [5, 5.41) is 2.80. The third-order valence-electron chi connectivity index (χ3n) is 4.27. The zero-order chi connectivity index (χ0) is 20.0. The highest BCUT2D eigenvalue weighted by molar-refractivity contribution is 5.90. The highest BCUT2D eigenvalue weighted by Gasteiger charge is 2.11. The van der Waals surface area contributed by atoms with Gasteiger partial charge in [0.05, 0.1) is 0 Å². The van der Waals surface area contributed by atoms with Crippen LogP contribution >= 0.6 is 0 Å². The molecule has 0 saturated heterocycles. The summed E-state index contributed by atoms with van der Waals surface area (Å²) in [4.78, 5) is 53.2. The van der Waals surface area contributed by atoms with Gasteiger partial charge in [0.2, 0.25) is 11.8 Å². The van der Waals surface area contributed by atoms with Crippen LogP contribution in [0.4, 0.5) is 5.69 Å². The molecule has 1 aromatic heterocycles. The minimum Gasteiger partial charge on any atom is -0.339 e. The van der Waals surface area contributed by atoms with Crippen molar-refractivity contribution in [2.75, 3.05) is 11.9 Å². The zero-order valence-corrected chi connectivity index (χ0v) is 15.7. The normalized spacial score (nSPS) is 10.5. The molecule has 0 radical (unpaired) electrons. The molecule has 27 heavy (non-hydrogen) atoms. The Kier molecular flexibility index (Phi) is 6.70. The Labute approximate surface area is 156 Å². The fourth-order valence-corrected chi connectivity index (χ4v) is 2.80. The van der Waals surface area contributed by atoms with Gasteiger partial charge in [-0.3, -0.25) is 19.4 Å². The molecular formula is C19H24N4O4. The van der Waals surface area contributed by atoms with E-state index in [1.807, 2.05) is 25.1 Å². The van der Waals surface area contributed by atoms with Gasteiger partial charge < -0.3 is 15.2 Å². The van der Waals surface area contributed by atoms with Gasteiger partial charge in [-0.05, 0) is 38.0 Å². The molecule has 3 N–H and O–H groups in total. The number of aryl methyl sites for hydroxylation is 1. The molecular weight excluding hydrogens is 348 g/mol. The van der Waals surface area contributed by atoms with Gasteiger partial charge >= 0.3 is 5.69 Å². The summed E-state index contributed by atoms with van der Waals surface area (Å²) >= 11 is 0. The van der Waals surface area contributed by atoms with Crippen LogP contribution in [0.15, 0.2) is 33.9 Å². The molecule has 0 aliphatic heterocycles. The number of hydrogen-bond acceptors (Lipinski definition) is 4. The summed E-state index contributed by atoms with van der Waals surface area (Å²) in [5.74, 6) is -0.246. The largest absolute Gasteiger partial charge is 0.339 e. The van der Waals surface area contributed by atoms with E-state index in [1.165, 1.54) is 6.92 Å².